The van der Waals surface area contributed by atoms with E-state index >= 15 is 0 Å². The molecule has 1 heterocycles. The average molecular weight is 536 g/mol. The van der Waals surface area contributed by atoms with Crippen LogP contribution in [0.4, 0.5) is 0 Å². The molecule has 2 amide bonds. The summed E-state index contributed by atoms with van der Waals surface area (Å²) in [6.45, 7) is 9.69. The van der Waals surface area contributed by atoms with Crippen LogP contribution in [0.15, 0.2) is 12.3 Å². The van der Waals surface area contributed by atoms with Crippen molar-refractivity contribution in [1.29, 1.82) is 0 Å². The lowest BCUT2D eigenvalue weighted by molar-refractivity contribution is -0.120. The first kappa shape index (κ1) is 27.6. The number of nitrogens with zero attached hydrogens (tertiary/aromatic N) is 2. The highest BCUT2D eigenvalue weighted by molar-refractivity contribution is 7.88. The number of hydrogen-bond donors (Lipinski definition) is 3. The third-order valence-corrected chi connectivity index (χ3v) is 8.45. The fourth-order valence-electron chi connectivity index (χ4n) is 6.76. The maximum absolute atomic E-state index is 13.5. The summed E-state index contributed by atoms with van der Waals surface area (Å²) in [6, 6.07) is -0.00549. The first-order chi connectivity index (χ1) is 17.2. The standard InChI is InChI=1S/C26H41N5O5S/c1-16(2)15-36-24-21(14-27-31(24)8-7-25(4,5)29-17(3)32)23(33)28-22-19-9-18-10-20(22)13-26(11-18,12-19)30-37(6,34)35/h7-8,14,16,18-20,22,30H,9-13,15H2,1-6H3,(H,28,33)(H,29,32)/b8-7+/t18?,19?,20?,22-,26-. The third-order valence-electron chi connectivity index (χ3n) is 7.65. The van der Waals surface area contributed by atoms with Gasteiger partial charge >= 0.3 is 0 Å². The predicted octanol–water partition coefficient (Wildman–Crippen LogP) is 2.53. The number of carbonyl (C=O) groups excluding carboxylic acids is 2. The number of sulfonamides is 1. The van der Waals surface area contributed by atoms with Crippen molar-refractivity contribution < 1.29 is 22.7 Å². The summed E-state index contributed by atoms with van der Waals surface area (Å²) in [5.41, 5.74) is -0.626. The fourth-order valence-corrected chi connectivity index (χ4v) is 7.80. The van der Waals surface area contributed by atoms with E-state index in [9.17, 15) is 18.0 Å². The van der Waals surface area contributed by atoms with Crippen LogP contribution in [-0.4, -0.2) is 60.0 Å². The summed E-state index contributed by atoms with van der Waals surface area (Å²) in [4.78, 5) is 25.0. The van der Waals surface area contributed by atoms with Crippen molar-refractivity contribution in [3.63, 3.8) is 0 Å². The highest BCUT2D eigenvalue weighted by atomic mass is 32.2. The number of nitrogens with one attached hydrogen (secondary N) is 3. The Kier molecular flexibility index (Phi) is 7.51. The minimum atomic E-state index is -3.30. The van der Waals surface area contributed by atoms with Gasteiger partial charge in [-0.15, -0.1) is 0 Å². The van der Waals surface area contributed by atoms with Crippen molar-refractivity contribution >= 4 is 28.0 Å². The summed E-state index contributed by atoms with van der Waals surface area (Å²) in [5.74, 6) is 1.19. The quantitative estimate of drug-likeness (QED) is 0.422. The highest BCUT2D eigenvalue weighted by Gasteiger charge is 2.56. The number of hydrogen-bond acceptors (Lipinski definition) is 6. The molecule has 0 aromatic carbocycles. The van der Waals surface area contributed by atoms with Gasteiger partial charge in [0.2, 0.25) is 21.8 Å². The SMILES string of the molecule is CC(=O)NC(C)(C)/C=C/n1ncc(C(=O)N[C@H]2C3CC4CC2C[C@](NS(C)(=O)=O)(C4)C3)c1OCC(C)C. The Morgan fingerprint density at radius 3 is 2.46 bits per heavy atom. The van der Waals surface area contributed by atoms with Gasteiger partial charge in [-0.2, -0.15) is 5.10 Å². The van der Waals surface area contributed by atoms with Crippen molar-refractivity contribution in [2.45, 2.75) is 83.8 Å². The van der Waals surface area contributed by atoms with Gasteiger partial charge in [-0.1, -0.05) is 13.8 Å². The third kappa shape index (κ3) is 6.54. The van der Waals surface area contributed by atoms with E-state index in [2.05, 4.69) is 20.5 Å². The summed E-state index contributed by atoms with van der Waals surface area (Å²) in [6.07, 6.45) is 10.6. The minimum Gasteiger partial charge on any atom is -0.477 e. The van der Waals surface area contributed by atoms with Crippen LogP contribution in [0.25, 0.3) is 6.20 Å². The number of carbonyl (C=O) groups is 2. The Morgan fingerprint density at radius 1 is 1.24 bits per heavy atom. The van der Waals surface area contributed by atoms with Crippen LogP contribution in [0.2, 0.25) is 0 Å². The zero-order valence-electron chi connectivity index (χ0n) is 22.7. The van der Waals surface area contributed by atoms with Crippen LogP contribution in [-0.2, 0) is 14.8 Å². The molecule has 0 saturated heterocycles. The molecule has 206 valence electrons. The molecule has 0 aliphatic heterocycles. The van der Waals surface area contributed by atoms with Gasteiger partial charge in [-0.3, -0.25) is 9.59 Å². The molecular formula is C26H41N5O5S. The van der Waals surface area contributed by atoms with Crippen LogP contribution in [0.5, 0.6) is 5.88 Å². The zero-order chi connectivity index (χ0) is 27.2. The molecule has 4 saturated carbocycles. The molecule has 3 N–H and O–H groups in total. The lowest BCUT2D eigenvalue weighted by atomic mass is 9.51. The van der Waals surface area contributed by atoms with Gasteiger partial charge < -0.3 is 15.4 Å². The van der Waals surface area contributed by atoms with E-state index in [4.69, 9.17) is 4.74 Å². The number of rotatable bonds is 10. The second-order valence-corrected chi connectivity index (χ2v) is 14.1. The van der Waals surface area contributed by atoms with Crippen LogP contribution in [0, 0.1) is 23.7 Å². The molecule has 2 atom stereocenters. The maximum atomic E-state index is 13.5. The topological polar surface area (TPSA) is 131 Å². The molecule has 4 bridgehead atoms. The molecule has 11 heteroatoms. The van der Waals surface area contributed by atoms with E-state index in [1.54, 1.807) is 12.3 Å². The molecule has 1 aromatic rings. The van der Waals surface area contributed by atoms with E-state index in [-0.39, 0.29) is 41.1 Å². The van der Waals surface area contributed by atoms with Crippen LogP contribution >= 0.6 is 0 Å². The van der Waals surface area contributed by atoms with E-state index in [0.717, 1.165) is 32.1 Å². The molecule has 4 aliphatic carbocycles. The molecule has 2 unspecified atom stereocenters. The Labute approximate surface area is 220 Å². The van der Waals surface area contributed by atoms with Gasteiger partial charge in [0.25, 0.3) is 5.91 Å². The number of aromatic nitrogens is 2. The lowest BCUT2D eigenvalue weighted by Crippen LogP contribution is -2.66. The Hall–Kier alpha value is -2.40. The lowest BCUT2D eigenvalue weighted by Gasteiger charge is -2.59. The number of ether oxygens (including phenoxy) is 1. The summed E-state index contributed by atoms with van der Waals surface area (Å²) >= 11 is 0. The van der Waals surface area contributed by atoms with Crippen LogP contribution in [0.3, 0.4) is 0 Å². The predicted molar refractivity (Wildman–Crippen MR) is 141 cm³/mol. The molecule has 37 heavy (non-hydrogen) atoms. The van der Waals surface area contributed by atoms with Crippen molar-refractivity contribution in [2.75, 3.05) is 12.9 Å². The van der Waals surface area contributed by atoms with Gasteiger partial charge in [0, 0.05) is 24.7 Å². The van der Waals surface area contributed by atoms with Crippen molar-refractivity contribution in [3.05, 3.63) is 17.8 Å². The normalized spacial score (nSPS) is 29.2. The monoisotopic (exact) mass is 535 g/mol. The van der Waals surface area contributed by atoms with Crippen LogP contribution in [0.1, 0.15) is 77.1 Å². The molecule has 0 radical (unpaired) electrons. The van der Waals surface area contributed by atoms with Crippen LogP contribution < -0.4 is 20.1 Å². The fraction of sp³-hybridized carbons (Fsp3) is 0.731. The summed E-state index contributed by atoms with van der Waals surface area (Å²) < 4.78 is 34.6. The molecule has 0 spiro atoms. The average Bonchev–Trinajstić information content (AvgIpc) is 3.13. The second kappa shape index (κ2) is 10.1. The zero-order valence-corrected chi connectivity index (χ0v) is 23.5. The highest BCUT2D eigenvalue weighted by Crippen LogP contribution is 2.56. The number of amides is 2. The molecule has 4 aliphatic rings. The molecular weight excluding hydrogens is 494 g/mol. The van der Waals surface area contributed by atoms with Crippen molar-refractivity contribution in [3.8, 4) is 5.88 Å². The smallest absolute Gasteiger partial charge is 0.258 e. The molecule has 5 rings (SSSR count). The van der Waals surface area contributed by atoms with Gasteiger partial charge in [0.05, 0.1) is 24.6 Å². The van der Waals surface area contributed by atoms with Crippen molar-refractivity contribution in [1.82, 2.24) is 25.1 Å². The Morgan fingerprint density at radius 2 is 1.89 bits per heavy atom. The molecule has 4 fully saturated rings. The minimum absolute atomic E-state index is 0.00549. The first-order valence-electron chi connectivity index (χ1n) is 13.1. The van der Waals surface area contributed by atoms with Gasteiger partial charge in [0.15, 0.2) is 0 Å². The van der Waals surface area contributed by atoms with Crippen molar-refractivity contribution in [2.24, 2.45) is 23.7 Å². The van der Waals surface area contributed by atoms with E-state index in [0.29, 0.717) is 24.0 Å². The summed E-state index contributed by atoms with van der Waals surface area (Å²) in [5, 5.41) is 10.5. The van der Waals surface area contributed by atoms with E-state index < -0.39 is 15.6 Å². The molecule has 1 aromatic heterocycles. The maximum Gasteiger partial charge on any atom is 0.258 e. The summed E-state index contributed by atoms with van der Waals surface area (Å²) in [7, 11) is -3.30. The van der Waals surface area contributed by atoms with E-state index in [1.165, 1.54) is 24.1 Å². The largest absolute Gasteiger partial charge is 0.477 e. The second-order valence-electron chi connectivity index (χ2n) is 12.4. The Balaban J connectivity index is 1.53. The first-order valence-corrected chi connectivity index (χ1v) is 15.0. The van der Waals surface area contributed by atoms with Gasteiger partial charge in [0.1, 0.15) is 5.56 Å². The van der Waals surface area contributed by atoms with E-state index in [1.807, 2.05) is 27.7 Å². The molecule has 10 nitrogen and oxygen atoms in total. The Bertz CT molecular complexity index is 1160. The van der Waals surface area contributed by atoms with Gasteiger partial charge in [-0.25, -0.2) is 17.8 Å². The van der Waals surface area contributed by atoms with Gasteiger partial charge in [-0.05, 0) is 75.7 Å².